The van der Waals surface area contributed by atoms with Crippen molar-refractivity contribution in [2.75, 3.05) is 13.1 Å². The van der Waals surface area contributed by atoms with Gasteiger partial charge in [0.05, 0.1) is 17.8 Å². The summed E-state index contributed by atoms with van der Waals surface area (Å²) in [4.78, 5) is 2.45. The highest BCUT2D eigenvalue weighted by atomic mass is 32.1. The van der Waals surface area contributed by atoms with Gasteiger partial charge in [-0.2, -0.15) is 0 Å². The van der Waals surface area contributed by atoms with Gasteiger partial charge in [0.1, 0.15) is 12.4 Å². The molecular formula is C20H23NO2S. The van der Waals surface area contributed by atoms with E-state index in [4.69, 9.17) is 15.9 Å². The molecule has 2 atom stereocenters. The van der Waals surface area contributed by atoms with Crippen LogP contribution in [0.25, 0.3) is 0 Å². The van der Waals surface area contributed by atoms with Crippen LogP contribution in [0.15, 0.2) is 35.0 Å². The molecule has 0 amide bonds. The van der Waals surface area contributed by atoms with Gasteiger partial charge in [-0.1, -0.05) is 30.2 Å². The molecule has 1 aliphatic rings. The normalized spacial score (nSPS) is 21.4. The van der Waals surface area contributed by atoms with Crippen molar-refractivity contribution in [3.8, 4) is 18.1 Å². The van der Waals surface area contributed by atoms with Crippen molar-refractivity contribution in [1.29, 1.82) is 0 Å². The molecule has 3 rings (SSSR count). The van der Waals surface area contributed by atoms with Gasteiger partial charge in [-0.15, -0.1) is 17.8 Å². The highest BCUT2D eigenvalue weighted by Crippen LogP contribution is 2.23. The van der Waals surface area contributed by atoms with E-state index < -0.39 is 0 Å². The van der Waals surface area contributed by atoms with Crippen molar-refractivity contribution in [3.05, 3.63) is 51.7 Å². The Morgan fingerprint density at radius 1 is 1.17 bits per heavy atom. The van der Waals surface area contributed by atoms with Crippen molar-refractivity contribution in [3.63, 3.8) is 0 Å². The maximum absolute atomic E-state index is 5.81. The molecule has 0 aliphatic carbocycles. The number of hydrogen-bond acceptors (Lipinski definition) is 4. The topological polar surface area (TPSA) is 21.7 Å². The maximum atomic E-state index is 5.81. The van der Waals surface area contributed by atoms with Crippen LogP contribution in [-0.4, -0.2) is 30.2 Å². The quantitative estimate of drug-likeness (QED) is 0.770. The van der Waals surface area contributed by atoms with Crippen LogP contribution < -0.4 is 4.74 Å². The Morgan fingerprint density at radius 2 is 1.83 bits per heavy atom. The molecule has 0 unspecified atom stereocenters. The fraction of sp³-hybridized carbons (Fsp3) is 0.400. The number of terminal acetylenes is 1. The van der Waals surface area contributed by atoms with Crippen LogP contribution in [-0.2, 0) is 17.9 Å². The van der Waals surface area contributed by atoms with E-state index in [9.17, 15) is 0 Å². The van der Waals surface area contributed by atoms with Crippen LogP contribution in [0.3, 0.4) is 0 Å². The average Bonchev–Trinajstić information content (AvgIpc) is 3.01. The molecule has 1 fully saturated rings. The SMILES string of the molecule is C#Cc1cscc1OCc1ccc(CN2C[C@@H](C)O[C@@H](C)C2)cc1. The van der Waals surface area contributed by atoms with Crippen LogP contribution in [0.5, 0.6) is 5.75 Å². The summed E-state index contributed by atoms with van der Waals surface area (Å²) in [6, 6.07) is 8.62. The lowest BCUT2D eigenvalue weighted by Gasteiger charge is -2.35. The minimum Gasteiger partial charge on any atom is -0.487 e. The molecule has 1 aliphatic heterocycles. The van der Waals surface area contributed by atoms with Crippen LogP contribution >= 0.6 is 11.3 Å². The van der Waals surface area contributed by atoms with Crippen molar-refractivity contribution >= 4 is 11.3 Å². The second kappa shape index (κ2) is 7.85. The molecule has 126 valence electrons. The fourth-order valence-corrected chi connectivity index (χ4v) is 3.78. The molecule has 2 heterocycles. The molecule has 24 heavy (non-hydrogen) atoms. The molecule has 3 nitrogen and oxygen atoms in total. The second-order valence-corrected chi connectivity index (χ2v) is 7.09. The highest BCUT2D eigenvalue weighted by Gasteiger charge is 2.21. The van der Waals surface area contributed by atoms with E-state index in [0.717, 1.165) is 36.5 Å². The smallest absolute Gasteiger partial charge is 0.146 e. The van der Waals surface area contributed by atoms with Crippen LogP contribution in [0.1, 0.15) is 30.5 Å². The number of benzene rings is 1. The Kier molecular flexibility index (Phi) is 5.57. The summed E-state index contributed by atoms with van der Waals surface area (Å²) >= 11 is 1.56. The van der Waals surface area contributed by atoms with E-state index in [1.165, 1.54) is 5.56 Å². The monoisotopic (exact) mass is 341 g/mol. The lowest BCUT2D eigenvalue weighted by atomic mass is 10.1. The van der Waals surface area contributed by atoms with E-state index in [-0.39, 0.29) is 0 Å². The molecular weight excluding hydrogens is 318 g/mol. The molecule has 1 saturated heterocycles. The average molecular weight is 341 g/mol. The van der Waals surface area contributed by atoms with Crippen LogP contribution in [0, 0.1) is 12.3 Å². The van der Waals surface area contributed by atoms with E-state index in [0.29, 0.717) is 18.8 Å². The first-order valence-electron chi connectivity index (χ1n) is 8.25. The third-order valence-electron chi connectivity index (χ3n) is 4.10. The molecule has 0 N–H and O–H groups in total. The lowest BCUT2D eigenvalue weighted by molar-refractivity contribution is -0.0704. The first-order valence-corrected chi connectivity index (χ1v) is 9.19. The van der Waals surface area contributed by atoms with E-state index in [1.807, 2.05) is 10.8 Å². The Bertz CT molecular complexity index is 691. The molecule has 1 aromatic heterocycles. The summed E-state index contributed by atoms with van der Waals surface area (Å²) in [7, 11) is 0. The Hall–Kier alpha value is -1.80. The van der Waals surface area contributed by atoms with Gasteiger partial charge in [0.25, 0.3) is 0 Å². The zero-order chi connectivity index (χ0) is 16.9. The summed E-state index contributed by atoms with van der Waals surface area (Å²) in [5, 5.41) is 3.88. The van der Waals surface area contributed by atoms with Crippen molar-refractivity contribution in [1.82, 2.24) is 4.90 Å². The summed E-state index contributed by atoms with van der Waals surface area (Å²) in [6.07, 6.45) is 6.06. The Morgan fingerprint density at radius 3 is 2.50 bits per heavy atom. The van der Waals surface area contributed by atoms with Gasteiger partial charge >= 0.3 is 0 Å². The van der Waals surface area contributed by atoms with Gasteiger partial charge in [-0.25, -0.2) is 0 Å². The van der Waals surface area contributed by atoms with Crippen molar-refractivity contribution in [2.45, 2.75) is 39.2 Å². The van der Waals surface area contributed by atoms with Gasteiger partial charge in [0, 0.05) is 30.4 Å². The first kappa shape index (κ1) is 17.0. The van der Waals surface area contributed by atoms with Gasteiger partial charge in [0.15, 0.2) is 0 Å². The minimum absolute atomic E-state index is 0.303. The van der Waals surface area contributed by atoms with Crippen LogP contribution in [0.2, 0.25) is 0 Å². The zero-order valence-electron chi connectivity index (χ0n) is 14.2. The predicted molar refractivity (Wildman–Crippen MR) is 98.3 cm³/mol. The lowest BCUT2D eigenvalue weighted by Crippen LogP contribution is -2.44. The largest absolute Gasteiger partial charge is 0.487 e. The Labute approximate surface area is 148 Å². The molecule has 0 radical (unpaired) electrons. The van der Waals surface area contributed by atoms with E-state index in [1.54, 1.807) is 11.3 Å². The Balaban J connectivity index is 1.54. The standard InChI is InChI=1S/C20H23NO2S/c1-4-19-13-24-14-20(19)22-12-18-7-5-17(6-8-18)11-21-9-15(2)23-16(3)10-21/h1,5-8,13-16H,9-12H2,2-3H3/t15-,16+. The number of rotatable bonds is 5. The van der Waals surface area contributed by atoms with Crippen molar-refractivity contribution < 1.29 is 9.47 Å². The number of hydrogen-bond donors (Lipinski definition) is 0. The number of thiophene rings is 1. The highest BCUT2D eigenvalue weighted by molar-refractivity contribution is 7.08. The van der Waals surface area contributed by atoms with Gasteiger partial charge < -0.3 is 9.47 Å². The molecule has 1 aromatic carbocycles. The number of nitrogens with zero attached hydrogens (tertiary/aromatic N) is 1. The van der Waals surface area contributed by atoms with Gasteiger partial charge in [-0.05, 0) is 25.0 Å². The third kappa shape index (κ3) is 4.39. The summed E-state index contributed by atoms with van der Waals surface area (Å²) in [5.74, 6) is 3.44. The minimum atomic E-state index is 0.303. The number of morpholine rings is 1. The third-order valence-corrected chi connectivity index (χ3v) is 4.82. The van der Waals surface area contributed by atoms with Crippen LogP contribution in [0.4, 0.5) is 0 Å². The maximum Gasteiger partial charge on any atom is 0.146 e. The van der Waals surface area contributed by atoms with E-state index >= 15 is 0 Å². The predicted octanol–water partition coefficient (Wildman–Crippen LogP) is 3.92. The molecule has 4 heteroatoms. The molecule has 0 saturated carbocycles. The van der Waals surface area contributed by atoms with Gasteiger partial charge in [0.2, 0.25) is 0 Å². The molecule has 0 spiro atoms. The molecule has 2 aromatic rings. The van der Waals surface area contributed by atoms with Crippen molar-refractivity contribution in [2.24, 2.45) is 0 Å². The fourth-order valence-electron chi connectivity index (χ4n) is 3.08. The summed E-state index contributed by atoms with van der Waals surface area (Å²) in [6.45, 7) is 7.75. The second-order valence-electron chi connectivity index (χ2n) is 6.35. The van der Waals surface area contributed by atoms with E-state index in [2.05, 4.69) is 48.9 Å². The first-order chi connectivity index (χ1) is 11.6. The van der Waals surface area contributed by atoms with Gasteiger partial charge in [-0.3, -0.25) is 4.90 Å². The zero-order valence-corrected chi connectivity index (χ0v) is 15.0. The number of ether oxygens (including phenoxy) is 2. The molecule has 0 bridgehead atoms. The summed E-state index contributed by atoms with van der Waals surface area (Å²) in [5.41, 5.74) is 3.30. The summed E-state index contributed by atoms with van der Waals surface area (Å²) < 4.78 is 11.6.